The van der Waals surface area contributed by atoms with Crippen LogP contribution in [0.3, 0.4) is 0 Å². The number of nitrogens with zero attached hydrogens (tertiary/aromatic N) is 3. The summed E-state index contributed by atoms with van der Waals surface area (Å²) in [6, 6.07) is 7.63. The number of hydrogen-bond acceptors (Lipinski definition) is 4. The fourth-order valence-corrected chi connectivity index (χ4v) is 3.29. The third kappa shape index (κ3) is 4.44. The number of carbonyl (C=O) groups excluding carboxylic acids is 1. The van der Waals surface area contributed by atoms with E-state index in [0.29, 0.717) is 5.69 Å². The molecule has 0 bridgehead atoms. The molecule has 2 aromatic rings. The Labute approximate surface area is 162 Å². The molecule has 1 aromatic carbocycles. The lowest BCUT2D eigenvalue weighted by molar-refractivity contribution is -0.141. The SMILES string of the molecule is Cc1cc(NC(=O)c2ccc(C(F)(F)F)nc2C)ccc1N1CCN(C)CC1. The average molecular weight is 392 g/mol. The van der Waals surface area contributed by atoms with E-state index in [2.05, 4.69) is 27.1 Å². The van der Waals surface area contributed by atoms with E-state index in [-0.39, 0.29) is 11.3 Å². The fourth-order valence-electron chi connectivity index (χ4n) is 3.29. The highest BCUT2D eigenvalue weighted by atomic mass is 19.4. The van der Waals surface area contributed by atoms with Crippen molar-refractivity contribution >= 4 is 17.3 Å². The first-order valence-corrected chi connectivity index (χ1v) is 9.05. The van der Waals surface area contributed by atoms with Crippen LogP contribution in [0.15, 0.2) is 30.3 Å². The van der Waals surface area contributed by atoms with E-state index in [1.807, 2.05) is 25.1 Å². The average Bonchev–Trinajstić information content (AvgIpc) is 2.62. The number of carbonyl (C=O) groups is 1. The second-order valence-electron chi connectivity index (χ2n) is 7.07. The van der Waals surface area contributed by atoms with Gasteiger partial charge >= 0.3 is 6.18 Å². The van der Waals surface area contributed by atoms with Crippen LogP contribution in [0.4, 0.5) is 24.5 Å². The molecule has 1 amide bonds. The number of halogens is 3. The third-order valence-electron chi connectivity index (χ3n) is 4.92. The zero-order valence-electron chi connectivity index (χ0n) is 16.1. The minimum absolute atomic E-state index is 0.0399. The van der Waals surface area contributed by atoms with Gasteiger partial charge in [-0.25, -0.2) is 4.98 Å². The summed E-state index contributed by atoms with van der Waals surface area (Å²) in [5, 5.41) is 2.75. The van der Waals surface area contributed by atoms with Gasteiger partial charge in [0.05, 0.1) is 11.3 Å². The van der Waals surface area contributed by atoms with Gasteiger partial charge in [-0.05, 0) is 56.8 Å². The Morgan fingerprint density at radius 3 is 2.32 bits per heavy atom. The number of amides is 1. The van der Waals surface area contributed by atoms with Crippen molar-refractivity contribution < 1.29 is 18.0 Å². The van der Waals surface area contributed by atoms with E-state index in [4.69, 9.17) is 0 Å². The van der Waals surface area contributed by atoms with Gasteiger partial charge in [0.15, 0.2) is 0 Å². The number of anilines is 2. The summed E-state index contributed by atoms with van der Waals surface area (Å²) in [7, 11) is 2.10. The molecule has 2 heterocycles. The highest BCUT2D eigenvalue weighted by Gasteiger charge is 2.33. The van der Waals surface area contributed by atoms with Gasteiger partial charge in [0, 0.05) is 37.6 Å². The van der Waals surface area contributed by atoms with Crippen molar-refractivity contribution in [3.63, 3.8) is 0 Å². The van der Waals surface area contributed by atoms with E-state index in [1.165, 1.54) is 6.92 Å². The number of alkyl halides is 3. The zero-order chi connectivity index (χ0) is 20.5. The van der Waals surface area contributed by atoms with Crippen LogP contribution in [-0.4, -0.2) is 49.0 Å². The number of aryl methyl sites for hydroxylation is 2. The smallest absolute Gasteiger partial charge is 0.369 e. The van der Waals surface area contributed by atoms with E-state index in [0.717, 1.165) is 49.6 Å². The monoisotopic (exact) mass is 392 g/mol. The molecule has 0 aliphatic carbocycles. The molecular formula is C20H23F3N4O. The van der Waals surface area contributed by atoms with Gasteiger partial charge in [-0.1, -0.05) is 0 Å². The predicted octanol–water partition coefficient (Wildman–Crippen LogP) is 3.72. The number of aromatic nitrogens is 1. The Hall–Kier alpha value is -2.61. The van der Waals surface area contributed by atoms with Gasteiger partial charge in [0.25, 0.3) is 5.91 Å². The van der Waals surface area contributed by atoms with E-state index in [1.54, 1.807) is 0 Å². The van der Waals surface area contributed by atoms with Crippen LogP contribution in [0.2, 0.25) is 0 Å². The number of pyridine rings is 1. The lowest BCUT2D eigenvalue weighted by atomic mass is 10.1. The van der Waals surface area contributed by atoms with Crippen molar-refractivity contribution in [3.05, 3.63) is 52.8 Å². The van der Waals surface area contributed by atoms with Crippen molar-refractivity contribution in [2.45, 2.75) is 20.0 Å². The Morgan fingerprint density at radius 2 is 1.75 bits per heavy atom. The first-order valence-electron chi connectivity index (χ1n) is 9.05. The second kappa shape index (κ2) is 7.79. The zero-order valence-corrected chi connectivity index (χ0v) is 16.1. The molecule has 0 unspecified atom stereocenters. The molecule has 28 heavy (non-hydrogen) atoms. The normalized spacial score (nSPS) is 15.6. The molecule has 3 rings (SSSR count). The van der Waals surface area contributed by atoms with Crippen LogP contribution in [0.5, 0.6) is 0 Å². The number of hydrogen-bond donors (Lipinski definition) is 1. The summed E-state index contributed by atoms with van der Waals surface area (Å²) < 4.78 is 38.2. The first-order chi connectivity index (χ1) is 13.1. The lowest BCUT2D eigenvalue weighted by Crippen LogP contribution is -2.44. The number of piperazine rings is 1. The van der Waals surface area contributed by atoms with Crippen LogP contribution in [0.1, 0.15) is 27.3 Å². The summed E-state index contributed by atoms with van der Waals surface area (Å²) in [5.41, 5.74) is 1.91. The van der Waals surface area contributed by atoms with Crippen LogP contribution >= 0.6 is 0 Å². The van der Waals surface area contributed by atoms with Crippen LogP contribution in [0.25, 0.3) is 0 Å². The standard InChI is InChI=1S/C20H23F3N4O/c1-13-12-15(4-6-17(13)27-10-8-26(3)9-11-27)25-19(28)16-5-7-18(20(21,22)23)24-14(16)2/h4-7,12H,8-11H2,1-3H3,(H,25,28). The molecule has 1 saturated heterocycles. The molecule has 8 heteroatoms. The number of benzene rings is 1. The van der Waals surface area contributed by atoms with Crippen LogP contribution < -0.4 is 10.2 Å². The van der Waals surface area contributed by atoms with Crippen LogP contribution in [0, 0.1) is 13.8 Å². The third-order valence-corrected chi connectivity index (χ3v) is 4.92. The highest BCUT2D eigenvalue weighted by Crippen LogP contribution is 2.29. The Balaban J connectivity index is 1.73. The summed E-state index contributed by atoms with van der Waals surface area (Å²) in [6.45, 7) is 7.26. The van der Waals surface area contributed by atoms with Gasteiger partial charge in [-0.2, -0.15) is 13.2 Å². The quantitative estimate of drug-likeness (QED) is 0.865. The molecule has 1 fully saturated rings. The van der Waals surface area contributed by atoms with E-state index in [9.17, 15) is 18.0 Å². The van der Waals surface area contributed by atoms with Gasteiger partial charge in [-0.15, -0.1) is 0 Å². The fraction of sp³-hybridized carbons (Fsp3) is 0.400. The minimum Gasteiger partial charge on any atom is -0.369 e. The van der Waals surface area contributed by atoms with Gasteiger partial charge < -0.3 is 15.1 Å². The summed E-state index contributed by atoms with van der Waals surface area (Å²) in [4.78, 5) is 20.6. The van der Waals surface area contributed by atoms with E-state index >= 15 is 0 Å². The topological polar surface area (TPSA) is 48.5 Å². The largest absolute Gasteiger partial charge is 0.433 e. The molecule has 0 atom stereocenters. The molecule has 150 valence electrons. The molecule has 0 radical (unpaired) electrons. The number of rotatable bonds is 3. The Kier molecular flexibility index (Phi) is 5.60. The maximum Gasteiger partial charge on any atom is 0.433 e. The number of likely N-dealkylation sites (N-methyl/N-ethyl adjacent to an activating group) is 1. The van der Waals surface area contributed by atoms with Gasteiger partial charge in [-0.3, -0.25) is 4.79 Å². The molecule has 0 saturated carbocycles. The van der Waals surface area contributed by atoms with Crippen molar-refractivity contribution in [2.24, 2.45) is 0 Å². The molecule has 1 aliphatic heterocycles. The van der Waals surface area contributed by atoms with Crippen molar-refractivity contribution in [3.8, 4) is 0 Å². The maximum absolute atomic E-state index is 12.7. The van der Waals surface area contributed by atoms with Gasteiger partial charge in [0.1, 0.15) is 5.69 Å². The predicted molar refractivity (Wildman–Crippen MR) is 103 cm³/mol. The summed E-state index contributed by atoms with van der Waals surface area (Å²) in [6.07, 6.45) is -4.53. The summed E-state index contributed by atoms with van der Waals surface area (Å²) >= 11 is 0. The molecule has 1 aromatic heterocycles. The highest BCUT2D eigenvalue weighted by molar-refractivity contribution is 6.05. The van der Waals surface area contributed by atoms with Crippen molar-refractivity contribution in [1.29, 1.82) is 0 Å². The molecule has 1 aliphatic rings. The maximum atomic E-state index is 12.7. The Morgan fingerprint density at radius 1 is 1.07 bits per heavy atom. The van der Waals surface area contributed by atoms with Crippen molar-refractivity contribution in [2.75, 3.05) is 43.4 Å². The first kappa shape index (κ1) is 20.1. The van der Waals surface area contributed by atoms with Gasteiger partial charge in [0.2, 0.25) is 0 Å². The molecular weight excluding hydrogens is 369 g/mol. The van der Waals surface area contributed by atoms with Crippen LogP contribution in [-0.2, 0) is 6.18 Å². The second-order valence-corrected chi connectivity index (χ2v) is 7.07. The molecule has 1 N–H and O–H groups in total. The summed E-state index contributed by atoms with van der Waals surface area (Å²) in [5.74, 6) is -0.481. The minimum atomic E-state index is -4.53. The molecule has 0 spiro atoms. The van der Waals surface area contributed by atoms with E-state index < -0.39 is 17.8 Å². The number of nitrogens with one attached hydrogen (secondary N) is 1. The van der Waals surface area contributed by atoms with Crippen molar-refractivity contribution in [1.82, 2.24) is 9.88 Å². The Bertz CT molecular complexity index is 874. The lowest BCUT2D eigenvalue weighted by Gasteiger charge is -2.35. The molecule has 5 nitrogen and oxygen atoms in total.